The van der Waals surface area contributed by atoms with Crippen molar-refractivity contribution in [2.45, 2.75) is 31.4 Å². The molecule has 2 rings (SSSR count). The van der Waals surface area contributed by atoms with Crippen molar-refractivity contribution in [3.8, 4) is 0 Å². The standard InChI is InChI=1S/C8H15NO/c1-9-7-5-2-3-6(4-5)8(7)10/h5-10H,2-4H2,1H3/t5-,6+,7-,8+/m1/s1. The molecule has 2 fully saturated rings. The summed E-state index contributed by atoms with van der Waals surface area (Å²) in [4.78, 5) is 0. The molecule has 0 saturated heterocycles. The third-order valence-corrected chi connectivity index (χ3v) is 3.21. The lowest BCUT2D eigenvalue weighted by atomic mass is 9.93. The highest BCUT2D eigenvalue weighted by Gasteiger charge is 2.45. The number of likely N-dealkylation sites (N-methyl/N-ethyl adjacent to an activating group) is 1. The van der Waals surface area contributed by atoms with Crippen molar-refractivity contribution >= 4 is 0 Å². The summed E-state index contributed by atoms with van der Waals surface area (Å²) in [7, 11) is 1.95. The second-order valence-corrected chi connectivity index (χ2v) is 3.64. The molecule has 0 aromatic rings. The maximum absolute atomic E-state index is 9.62. The van der Waals surface area contributed by atoms with Gasteiger partial charge in [0, 0.05) is 6.04 Å². The first-order valence-electron chi connectivity index (χ1n) is 4.18. The zero-order chi connectivity index (χ0) is 7.14. The van der Waals surface area contributed by atoms with Crippen LogP contribution in [-0.4, -0.2) is 24.3 Å². The van der Waals surface area contributed by atoms with E-state index in [4.69, 9.17) is 0 Å². The van der Waals surface area contributed by atoms with Gasteiger partial charge in [-0.2, -0.15) is 0 Å². The van der Waals surface area contributed by atoms with E-state index < -0.39 is 0 Å². The molecular weight excluding hydrogens is 126 g/mol. The van der Waals surface area contributed by atoms with Gasteiger partial charge in [-0.1, -0.05) is 0 Å². The predicted octanol–water partition coefficient (Wildman–Crippen LogP) is 0.365. The molecule has 4 atom stereocenters. The number of aliphatic hydroxyl groups is 1. The van der Waals surface area contributed by atoms with Crippen LogP contribution in [0.1, 0.15) is 19.3 Å². The summed E-state index contributed by atoms with van der Waals surface area (Å²) in [6, 6.07) is 0.402. The predicted molar refractivity (Wildman–Crippen MR) is 39.7 cm³/mol. The first-order chi connectivity index (χ1) is 4.83. The third-order valence-electron chi connectivity index (χ3n) is 3.21. The molecule has 0 heterocycles. The minimum absolute atomic E-state index is 0.0521. The van der Waals surface area contributed by atoms with Crippen molar-refractivity contribution in [3.63, 3.8) is 0 Å². The molecule has 0 spiro atoms. The summed E-state index contributed by atoms with van der Waals surface area (Å²) in [6.45, 7) is 0. The van der Waals surface area contributed by atoms with Crippen LogP contribution < -0.4 is 5.32 Å². The number of aliphatic hydroxyl groups excluding tert-OH is 1. The van der Waals surface area contributed by atoms with Crippen molar-refractivity contribution in [2.24, 2.45) is 11.8 Å². The Morgan fingerprint density at radius 1 is 1.30 bits per heavy atom. The molecule has 2 heteroatoms. The highest BCUT2D eigenvalue weighted by Crippen LogP contribution is 2.44. The SMILES string of the molecule is CN[C@@H]1[C@@H]2CC[C@@H](C2)[C@@H]1O. The zero-order valence-corrected chi connectivity index (χ0v) is 6.38. The van der Waals surface area contributed by atoms with Crippen LogP contribution in [-0.2, 0) is 0 Å². The van der Waals surface area contributed by atoms with E-state index in [-0.39, 0.29) is 6.10 Å². The van der Waals surface area contributed by atoms with E-state index in [1.54, 1.807) is 0 Å². The lowest BCUT2D eigenvalue weighted by molar-refractivity contribution is 0.0824. The van der Waals surface area contributed by atoms with Crippen LogP contribution in [0.2, 0.25) is 0 Å². The highest BCUT2D eigenvalue weighted by atomic mass is 16.3. The summed E-state index contributed by atoms with van der Waals surface area (Å²) in [6.07, 6.45) is 3.79. The zero-order valence-electron chi connectivity index (χ0n) is 6.38. The second kappa shape index (κ2) is 2.21. The van der Waals surface area contributed by atoms with Crippen molar-refractivity contribution in [1.82, 2.24) is 5.32 Å². The van der Waals surface area contributed by atoms with E-state index in [0.717, 1.165) is 5.92 Å². The number of fused-ring (bicyclic) bond motifs is 2. The van der Waals surface area contributed by atoms with Crippen LogP contribution in [0.4, 0.5) is 0 Å². The molecular formula is C8H15NO. The molecule has 0 aromatic carbocycles. The normalized spacial score (nSPS) is 52.2. The lowest BCUT2D eigenvalue weighted by Gasteiger charge is -2.26. The molecule has 58 valence electrons. The van der Waals surface area contributed by atoms with Gasteiger partial charge in [-0.25, -0.2) is 0 Å². The van der Waals surface area contributed by atoms with Gasteiger partial charge in [0.05, 0.1) is 6.10 Å². The first-order valence-corrected chi connectivity index (χ1v) is 4.18. The monoisotopic (exact) mass is 141 g/mol. The van der Waals surface area contributed by atoms with E-state index >= 15 is 0 Å². The smallest absolute Gasteiger partial charge is 0.0723 e. The molecule has 2 saturated carbocycles. The maximum atomic E-state index is 9.62. The van der Waals surface area contributed by atoms with E-state index in [9.17, 15) is 5.11 Å². The van der Waals surface area contributed by atoms with Crippen LogP contribution in [0.15, 0.2) is 0 Å². The average molecular weight is 141 g/mol. The fourth-order valence-corrected chi connectivity index (χ4v) is 2.67. The lowest BCUT2D eigenvalue weighted by Crippen LogP contribution is -2.42. The Kier molecular flexibility index (Phi) is 1.46. The summed E-state index contributed by atoms with van der Waals surface area (Å²) in [5.41, 5.74) is 0. The Morgan fingerprint density at radius 3 is 2.40 bits per heavy atom. The molecule has 2 aliphatic rings. The fraction of sp³-hybridized carbons (Fsp3) is 1.00. The molecule has 2 bridgehead atoms. The first kappa shape index (κ1) is 6.62. The molecule has 0 radical (unpaired) electrons. The molecule has 2 nitrogen and oxygen atoms in total. The van der Waals surface area contributed by atoms with Crippen LogP contribution in [0, 0.1) is 11.8 Å². The molecule has 2 aliphatic carbocycles. The van der Waals surface area contributed by atoms with E-state index in [1.807, 2.05) is 7.05 Å². The van der Waals surface area contributed by atoms with Gasteiger partial charge in [-0.3, -0.25) is 0 Å². The fourth-order valence-electron chi connectivity index (χ4n) is 2.67. The van der Waals surface area contributed by atoms with Gasteiger partial charge in [0.15, 0.2) is 0 Å². The van der Waals surface area contributed by atoms with Crippen LogP contribution >= 0.6 is 0 Å². The molecule has 10 heavy (non-hydrogen) atoms. The van der Waals surface area contributed by atoms with Crippen molar-refractivity contribution in [2.75, 3.05) is 7.05 Å². The van der Waals surface area contributed by atoms with Crippen molar-refractivity contribution in [1.29, 1.82) is 0 Å². The average Bonchev–Trinajstić information content (AvgIpc) is 2.46. The largest absolute Gasteiger partial charge is 0.391 e. The Balaban J connectivity index is 2.10. The summed E-state index contributed by atoms with van der Waals surface area (Å²) >= 11 is 0. The third kappa shape index (κ3) is 0.722. The van der Waals surface area contributed by atoms with Gasteiger partial charge in [0.2, 0.25) is 0 Å². The van der Waals surface area contributed by atoms with Gasteiger partial charge >= 0.3 is 0 Å². The minimum atomic E-state index is -0.0521. The van der Waals surface area contributed by atoms with Crippen LogP contribution in [0.25, 0.3) is 0 Å². The molecule has 0 aliphatic heterocycles. The van der Waals surface area contributed by atoms with Crippen LogP contribution in [0.5, 0.6) is 0 Å². The maximum Gasteiger partial charge on any atom is 0.0723 e. The summed E-state index contributed by atoms with van der Waals surface area (Å²) in [5, 5.41) is 12.8. The van der Waals surface area contributed by atoms with E-state index in [2.05, 4.69) is 5.32 Å². The summed E-state index contributed by atoms with van der Waals surface area (Å²) < 4.78 is 0. The minimum Gasteiger partial charge on any atom is -0.391 e. The van der Waals surface area contributed by atoms with Gasteiger partial charge < -0.3 is 10.4 Å². The van der Waals surface area contributed by atoms with Gasteiger partial charge in [0.25, 0.3) is 0 Å². The van der Waals surface area contributed by atoms with E-state index in [1.165, 1.54) is 19.3 Å². The number of nitrogens with one attached hydrogen (secondary N) is 1. The quantitative estimate of drug-likeness (QED) is 0.553. The Morgan fingerprint density at radius 2 is 2.00 bits per heavy atom. The Bertz CT molecular complexity index is 135. The second-order valence-electron chi connectivity index (χ2n) is 3.64. The van der Waals surface area contributed by atoms with Gasteiger partial charge in [0.1, 0.15) is 0 Å². The Labute approximate surface area is 61.6 Å². The van der Waals surface area contributed by atoms with Crippen molar-refractivity contribution in [3.05, 3.63) is 0 Å². The molecule has 0 amide bonds. The highest BCUT2D eigenvalue weighted by molar-refractivity contribution is 5.00. The van der Waals surface area contributed by atoms with Crippen LogP contribution in [0.3, 0.4) is 0 Å². The summed E-state index contributed by atoms with van der Waals surface area (Å²) in [5.74, 6) is 1.38. The van der Waals surface area contributed by atoms with Gasteiger partial charge in [-0.05, 0) is 38.1 Å². The molecule has 0 unspecified atom stereocenters. The number of hydrogen-bond acceptors (Lipinski definition) is 2. The van der Waals surface area contributed by atoms with E-state index in [0.29, 0.717) is 12.0 Å². The molecule has 0 aromatic heterocycles. The number of rotatable bonds is 1. The van der Waals surface area contributed by atoms with Crippen molar-refractivity contribution < 1.29 is 5.11 Å². The number of hydrogen-bond donors (Lipinski definition) is 2. The topological polar surface area (TPSA) is 32.3 Å². The van der Waals surface area contributed by atoms with Gasteiger partial charge in [-0.15, -0.1) is 0 Å². The Hall–Kier alpha value is -0.0800. The molecule has 2 N–H and O–H groups in total.